The Morgan fingerprint density at radius 3 is 2.58 bits per heavy atom. The number of rotatable bonds is 4. The third kappa shape index (κ3) is 2.45. The molecule has 3 nitrogen and oxygen atoms in total. The van der Waals surface area contributed by atoms with Crippen molar-refractivity contribution in [2.45, 2.75) is 31.7 Å². The lowest BCUT2D eigenvalue weighted by Crippen LogP contribution is -2.33. The van der Waals surface area contributed by atoms with Gasteiger partial charge in [-0.15, -0.1) is 0 Å². The van der Waals surface area contributed by atoms with Gasteiger partial charge in [-0.2, -0.15) is 0 Å². The zero-order valence-electron chi connectivity index (χ0n) is 7.71. The highest BCUT2D eigenvalue weighted by molar-refractivity contribution is 7.90. The first kappa shape index (κ1) is 9.99. The molecule has 2 atom stereocenters. The second kappa shape index (κ2) is 3.00. The summed E-state index contributed by atoms with van der Waals surface area (Å²) in [7, 11) is -2.90. The SMILES string of the molecule is CCCC1CC1(N)CS(C)(=O)=O. The molecule has 0 bridgehead atoms. The molecule has 0 spiro atoms. The van der Waals surface area contributed by atoms with Gasteiger partial charge in [0.2, 0.25) is 0 Å². The highest BCUT2D eigenvalue weighted by Crippen LogP contribution is 2.44. The number of hydrogen-bond donors (Lipinski definition) is 1. The second-order valence-corrected chi connectivity index (χ2v) is 6.13. The van der Waals surface area contributed by atoms with E-state index in [1.54, 1.807) is 0 Å². The van der Waals surface area contributed by atoms with E-state index >= 15 is 0 Å². The molecule has 72 valence electrons. The van der Waals surface area contributed by atoms with Crippen molar-refractivity contribution in [3.63, 3.8) is 0 Å². The van der Waals surface area contributed by atoms with E-state index < -0.39 is 9.84 Å². The third-order valence-corrected chi connectivity index (χ3v) is 3.51. The van der Waals surface area contributed by atoms with Crippen molar-refractivity contribution < 1.29 is 8.42 Å². The van der Waals surface area contributed by atoms with Crippen molar-refractivity contribution in [1.29, 1.82) is 0 Å². The van der Waals surface area contributed by atoms with E-state index in [9.17, 15) is 8.42 Å². The van der Waals surface area contributed by atoms with Crippen LogP contribution in [0.4, 0.5) is 0 Å². The fourth-order valence-electron chi connectivity index (χ4n) is 1.80. The van der Waals surface area contributed by atoms with Crippen molar-refractivity contribution in [2.75, 3.05) is 12.0 Å². The van der Waals surface area contributed by atoms with Crippen LogP contribution in [0.25, 0.3) is 0 Å². The van der Waals surface area contributed by atoms with Crippen molar-refractivity contribution in [3.8, 4) is 0 Å². The molecule has 0 radical (unpaired) electrons. The van der Waals surface area contributed by atoms with Crippen LogP contribution < -0.4 is 5.73 Å². The van der Waals surface area contributed by atoms with Gasteiger partial charge in [-0.1, -0.05) is 13.3 Å². The molecule has 0 amide bonds. The lowest BCUT2D eigenvalue weighted by Gasteiger charge is -2.08. The molecule has 0 aliphatic heterocycles. The zero-order valence-corrected chi connectivity index (χ0v) is 8.52. The Balaban J connectivity index is 2.46. The van der Waals surface area contributed by atoms with Crippen molar-refractivity contribution in [1.82, 2.24) is 0 Å². The number of sulfone groups is 1. The molecule has 1 aliphatic rings. The van der Waals surface area contributed by atoms with Gasteiger partial charge >= 0.3 is 0 Å². The van der Waals surface area contributed by atoms with Crippen LogP contribution in [0.5, 0.6) is 0 Å². The Morgan fingerprint density at radius 2 is 2.17 bits per heavy atom. The van der Waals surface area contributed by atoms with Gasteiger partial charge in [0.25, 0.3) is 0 Å². The van der Waals surface area contributed by atoms with Gasteiger partial charge in [-0.3, -0.25) is 0 Å². The molecule has 1 rings (SSSR count). The molecule has 0 saturated heterocycles. The maximum Gasteiger partial charge on any atom is 0.149 e. The van der Waals surface area contributed by atoms with Crippen LogP contribution in [-0.2, 0) is 9.84 Å². The number of hydrogen-bond acceptors (Lipinski definition) is 3. The van der Waals surface area contributed by atoms with Crippen LogP contribution in [0.3, 0.4) is 0 Å². The minimum Gasteiger partial charge on any atom is -0.324 e. The number of nitrogens with two attached hydrogens (primary N) is 1. The third-order valence-electron chi connectivity index (χ3n) is 2.45. The van der Waals surface area contributed by atoms with E-state index in [4.69, 9.17) is 5.73 Å². The van der Waals surface area contributed by atoms with Crippen LogP contribution in [0, 0.1) is 5.92 Å². The summed E-state index contributed by atoms with van der Waals surface area (Å²) in [6.45, 7) is 2.10. The summed E-state index contributed by atoms with van der Waals surface area (Å²) >= 11 is 0. The molecule has 1 fully saturated rings. The van der Waals surface area contributed by atoms with Crippen molar-refractivity contribution in [3.05, 3.63) is 0 Å². The molecule has 0 aromatic rings. The van der Waals surface area contributed by atoms with Crippen LogP contribution in [-0.4, -0.2) is 26.0 Å². The van der Waals surface area contributed by atoms with Gasteiger partial charge in [0.15, 0.2) is 0 Å². The zero-order chi connectivity index (χ0) is 9.41. The Bertz CT molecular complexity index is 260. The summed E-state index contributed by atoms with van der Waals surface area (Å²) in [6.07, 6.45) is 4.29. The van der Waals surface area contributed by atoms with Crippen LogP contribution >= 0.6 is 0 Å². The highest BCUT2D eigenvalue weighted by atomic mass is 32.2. The second-order valence-electron chi connectivity index (χ2n) is 3.99. The standard InChI is InChI=1S/C8H17NO2S/c1-3-4-7-5-8(7,9)6-12(2,10)11/h7H,3-6,9H2,1-2H3. The first-order valence-electron chi connectivity index (χ1n) is 4.34. The van der Waals surface area contributed by atoms with Crippen molar-refractivity contribution >= 4 is 9.84 Å². The average Bonchev–Trinajstić information content (AvgIpc) is 2.37. The summed E-state index contributed by atoms with van der Waals surface area (Å²) in [5, 5.41) is 0. The fraction of sp³-hybridized carbons (Fsp3) is 1.00. The van der Waals surface area contributed by atoms with E-state index in [0.29, 0.717) is 5.92 Å². The quantitative estimate of drug-likeness (QED) is 0.706. The lowest BCUT2D eigenvalue weighted by atomic mass is 10.2. The van der Waals surface area contributed by atoms with Gasteiger partial charge in [0.05, 0.1) is 5.75 Å². The first-order chi connectivity index (χ1) is 5.37. The smallest absolute Gasteiger partial charge is 0.149 e. The van der Waals surface area contributed by atoms with E-state index in [1.165, 1.54) is 6.26 Å². The molecule has 0 heterocycles. The average molecular weight is 191 g/mol. The predicted molar refractivity (Wildman–Crippen MR) is 49.6 cm³/mol. The molecule has 12 heavy (non-hydrogen) atoms. The summed E-state index contributed by atoms with van der Waals surface area (Å²) in [6, 6.07) is 0. The molecule has 0 aromatic heterocycles. The molecule has 2 unspecified atom stereocenters. The van der Waals surface area contributed by atoms with E-state index in [2.05, 4.69) is 6.92 Å². The van der Waals surface area contributed by atoms with Crippen molar-refractivity contribution in [2.24, 2.45) is 11.7 Å². The molecule has 4 heteroatoms. The molecule has 1 saturated carbocycles. The molecule has 2 N–H and O–H groups in total. The lowest BCUT2D eigenvalue weighted by molar-refractivity contribution is 0.566. The summed E-state index contributed by atoms with van der Waals surface area (Å²) in [5.74, 6) is 0.599. The maximum atomic E-state index is 11.0. The van der Waals surface area contributed by atoms with Gasteiger partial charge in [-0.25, -0.2) is 8.42 Å². The van der Waals surface area contributed by atoms with Gasteiger partial charge in [0.1, 0.15) is 9.84 Å². The first-order valence-corrected chi connectivity index (χ1v) is 6.40. The van der Waals surface area contributed by atoms with E-state index in [0.717, 1.165) is 19.3 Å². The van der Waals surface area contributed by atoms with Crippen LogP contribution in [0.1, 0.15) is 26.2 Å². The Kier molecular flexibility index (Phi) is 2.50. The molecular formula is C8H17NO2S. The maximum absolute atomic E-state index is 11.0. The Morgan fingerprint density at radius 1 is 1.58 bits per heavy atom. The van der Waals surface area contributed by atoms with Gasteiger partial charge in [-0.05, 0) is 18.8 Å². The Hall–Kier alpha value is -0.0900. The molecule has 0 aromatic carbocycles. The summed E-state index contributed by atoms with van der Waals surface area (Å²) in [4.78, 5) is 0. The normalized spacial score (nSPS) is 35.1. The molecule has 1 aliphatic carbocycles. The fourth-order valence-corrected chi connectivity index (χ4v) is 3.13. The largest absolute Gasteiger partial charge is 0.324 e. The van der Waals surface area contributed by atoms with E-state index in [-0.39, 0.29) is 11.3 Å². The van der Waals surface area contributed by atoms with Crippen LogP contribution in [0.2, 0.25) is 0 Å². The van der Waals surface area contributed by atoms with E-state index in [1.807, 2.05) is 0 Å². The topological polar surface area (TPSA) is 60.2 Å². The summed E-state index contributed by atoms with van der Waals surface area (Å²) < 4.78 is 21.9. The minimum atomic E-state index is -2.90. The highest BCUT2D eigenvalue weighted by Gasteiger charge is 2.51. The molecular weight excluding hydrogens is 174 g/mol. The van der Waals surface area contributed by atoms with Crippen LogP contribution in [0.15, 0.2) is 0 Å². The van der Waals surface area contributed by atoms with Gasteiger partial charge < -0.3 is 5.73 Å². The summed E-state index contributed by atoms with van der Waals surface area (Å²) in [5.41, 5.74) is 5.50. The monoisotopic (exact) mass is 191 g/mol. The minimum absolute atomic E-state index is 0.157. The van der Waals surface area contributed by atoms with Gasteiger partial charge in [0, 0.05) is 11.8 Å². The predicted octanol–water partition coefficient (Wildman–Crippen LogP) is 0.549. The Labute approximate surface area is 74.3 Å².